The number of guanidine groups is 1. The number of rotatable bonds is 5. The van der Waals surface area contributed by atoms with Crippen LogP contribution in [0.4, 0.5) is 0 Å². The van der Waals surface area contributed by atoms with Crippen molar-refractivity contribution in [3.05, 3.63) is 0 Å². The lowest BCUT2D eigenvalue weighted by atomic mass is 10.1. The van der Waals surface area contributed by atoms with E-state index in [1.807, 2.05) is 0 Å². The maximum absolute atomic E-state index is 11.2. The van der Waals surface area contributed by atoms with Gasteiger partial charge in [0.2, 0.25) is 5.91 Å². The molecule has 0 aliphatic carbocycles. The summed E-state index contributed by atoms with van der Waals surface area (Å²) in [5.41, 5.74) is 10.4. The molecule has 0 aliphatic rings. The molecule has 0 aromatic heterocycles. The van der Waals surface area contributed by atoms with Crippen molar-refractivity contribution >= 4 is 11.9 Å². The lowest BCUT2D eigenvalue weighted by Crippen LogP contribution is -2.34. The largest absolute Gasteiger partial charge is 0.370 e. The first-order chi connectivity index (χ1) is 6.11. The molecular formula is C8H18N4O. The van der Waals surface area contributed by atoms with E-state index in [9.17, 15) is 4.79 Å². The van der Waals surface area contributed by atoms with Crippen LogP contribution in [-0.4, -0.2) is 25.0 Å². The maximum atomic E-state index is 11.2. The van der Waals surface area contributed by atoms with Gasteiger partial charge < -0.3 is 16.8 Å². The molecule has 1 atom stereocenters. The van der Waals surface area contributed by atoms with Gasteiger partial charge in [0, 0.05) is 7.05 Å². The van der Waals surface area contributed by atoms with E-state index in [0.29, 0.717) is 6.42 Å². The van der Waals surface area contributed by atoms with Crippen LogP contribution in [0.5, 0.6) is 0 Å². The number of carbonyl (C=O) groups is 1. The van der Waals surface area contributed by atoms with E-state index in [1.54, 1.807) is 7.05 Å². The standard InChI is InChI=1S/C8H18N4O/c1-3-4-5-6(7(13)11-2)12-8(9)10/h6H,3-5H2,1-2H3,(H,11,13)(H4,9,10,12). The Hall–Kier alpha value is -1.26. The number of amides is 1. The van der Waals surface area contributed by atoms with E-state index in [4.69, 9.17) is 11.5 Å². The maximum Gasteiger partial charge on any atom is 0.244 e. The zero-order valence-corrected chi connectivity index (χ0v) is 8.21. The second-order valence-electron chi connectivity index (χ2n) is 2.83. The van der Waals surface area contributed by atoms with Gasteiger partial charge in [0.25, 0.3) is 0 Å². The average molecular weight is 186 g/mol. The topological polar surface area (TPSA) is 93.5 Å². The Bertz CT molecular complexity index is 187. The number of nitrogens with one attached hydrogen (secondary N) is 1. The van der Waals surface area contributed by atoms with Crippen molar-refractivity contribution in [2.24, 2.45) is 16.5 Å². The van der Waals surface area contributed by atoms with Crippen LogP contribution < -0.4 is 16.8 Å². The first-order valence-corrected chi connectivity index (χ1v) is 4.42. The lowest BCUT2D eigenvalue weighted by Gasteiger charge is -2.10. The SMILES string of the molecule is CCCCC(N=C(N)N)C(=O)NC. The molecule has 0 aromatic rings. The van der Waals surface area contributed by atoms with Crippen molar-refractivity contribution in [2.45, 2.75) is 32.2 Å². The number of hydrogen-bond donors (Lipinski definition) is 3. The van der Waals surface area contributed by atoms with Gasteiger partial charge in [-0.05, 0) is 6.42 Å². The molecule has 0 rings (SSSR count). The van der Waals surface area contributed by atoms with Crippen molar-refractivity contribution in [3.63, 3.8) is 0 Å². The number of likely N-dealkylation sites (N-methyl/N-ethyl adjacent to an activating group) is 1. The molecule has 1 unspecified atom stereocenters. The minimum atomic E-state index is -0.435. The van der Waals surface area contributed by atoms with Gasteiger partial charge in [-0.2, -0.15) is 0 Å². The smallest absolute Gasteiger partial charge is 0.244 e. The molecule has 0 radical (unpaired) electrons. The summed E-state index contributed by atoms with van der Waals surface area (Å²) in [5, 5.41) is 2.52. The highest BCUT2D eigenvalue weighted by Crippen LogP contribution is 2.04. The third kappa shape index (κ3) is 5.05. The van der Waals surface area contributed by atoms with Crippen molar-refractivity contribution in [2.75, 3.05) is 7.05 Å². The Kier molecular flexibility index (Phi) is 5.67. The van der Waals surface area contributed by atoms with E-state index in [-0.39, 0.29) is 11.9 Å². The van der Waals surface area contributed by atoms with E-state index >= 15 is 0 Å². The number of hydrogen-bond acceptors (Lipinski definition) is 2. The minimum Gasteiger partial charge on any atom is -0.370 e. The molecule has 76 valence electrons. The molecule has 5 N–H and O–H groups in total. The van der Waals surface area contributed by atoms with Gasteiger partial charge in [0.1, 0.15) is 6.04 Å². The monoisotopic (exact) mass is 186 g/mol. The Morgan fingerprint density at radius 2 is 2.15 bits per heavy atom. The zero-order valence-electron chi connectivity index (χ0n) is 8.21. The first-order valence-electron chi connectivity index (χ1n) is 4.42. The average Bonchev–Trinajstić information content (AvgIpc) is 2.10. The predicted octanol–water partition coefficient (Wildman–Crippen LogP) is -0.435. The zero-order chi connectivity index (χ0) is 10.3. The molecule has 13 heavy (non-hydrogen) atoms. The van der Waals surface area contributed by atoms with Crippen LogP contribution in [0.1, 0.15) is 26.2 Å². The predicted molar refractivity (Wildman–Crippen MR) is 53.2 cm³/mol. The van der Waals surface area contributed by atoms with Crippen LogP contribution in [0.3, 0.4) is 0 Å². The third-order valence-electron chi connectivity index (χ3n) is 1.69. The third-order valence-corrected chi connectivity index (χ3v) is 1.69. The molecule has 5 nitrogen and oxygen atoms in total. The quantitative estimate of drug-likeness (QED) is 0.401. The van der Waals surface area contributed by atoms with E-state index in [1.165, 1.54) is 0 Å². The van der Waals surface area contributed by atoms with Crippen LogP contribution in [-0.2, 0) is 4.79 Å². The van der Waals surface area contributed by atoms with Crippen molar-refractivity contribution in [1.82, 2.24) is 5.32 Å². The molecule has 0 aliphatic heterocycles. The number of nitrogens with two attached hydrogens (primary N) is 2. The van der Waals surface area contributed by atoms with Crippen molar-refractivity contribution in [3.8, 4) is 0 Å². The summed E-state index contributed by atoms with van der Waals surface area (Å²) < 4.78 is 0. The van der Waals surface area contributed by atoms with Gasteiger partial charge in [-0.3, -0.25) is 4.79 Å². The normalized spacial score (nSPS) is 11.8. The molecule has 0 bridgehead atoms. The fraction of sp³-hybridized carbons (Fsp3) is 0.750. The molecule has 0 saturated carbocycles. The minimum absolute atomic E-state index is 0.0373. The second-order valence-corrected chi connectivity index (χ2v) is 2.83. The van der Waals surface area contributed by atoms with Gasteiger partial charge in [-0.1, -0.05) is 19.8 Å². The molecule has 0 fully saturated rings. The van der Waals surface area contributed by atoms with E-state index in [2.05, 4.69) is 17.2 Å². The molecule has 0 spiro atoms. The van der Waals surface area contributed by atoms with Gasteiger partial charge in [-0.25, -0.2) is 4.99 Å². The highest BCUT2D eigenvalue weighted by atomic mass is 16.2. The fourth-order valence-electron chi connectivity index (χ4n) is 0.998. The molecule has 0 heterocycles. The highest BCUT2D eigenvalue weighted by molar-refractivity contribution is 5.85. The molecule has 0 saturated heterocycles. The molecular weight excluding hydrogens is 168 g/mol. The van der Waals surface area contributed by atoms with Crippen LogP contribution in [0.25, 0.3) is 0 Å². The summed E-state index contributed by atoms with van der Waals surface area (Å²) in [5.74, 6) is -0.174. The first kappa shape index (κ1) is 11.7. The Balaban J connectivity index is 4.19. The summed E-state index contributed by atoms with van der Waals surface area (Å²) >= 11 is 0. The molecule has 0 aromatic carbocycles. The number of carbonyl (C=O) groups excluding carboxylic acids is 1. The summed E-state index contributed by atoms with van der Waals surface area (Å²) in [4.78, 5) is 15.1. The molecule has 1 amide bonds. The summed E-state index contributed by atoms with van der Waals surface area (Å²) in [6, 6.07) is -0.435. The van der Waals surface area contributed by atoms with Gasteiger partial charge in [0.05, 0.1) is 0 Å². The van der Waals surface area contributed by atoms with Gasteiger partial charge in [0.15, 0.2) is 5.96 Å². The van der Waals surface area contributed by atoms with E-state index in [0.717, 1.165) is 12.8 Å². The summed E-state index contributed by atoms with van der Waals surface area (Å²) in [6.07, 6.45) is 2.65. The van der Waals surface area contributed by atoms with Crippen molar-refractivity contribution < 1.29 is 4.79 Å². The van der Waals surface area contributed by atoms with Gasteiger partial charge in [-0.15, -0.1) is 0 Å². The van der Waals surface area contributed by atoms with Gasteiger partial charge >= 0.3 is 0 Å². The summed E-state index contributed by atoms with van der Waals surface area (Å²) in [7, 11) is 1.57. The highest BCUT2D eigenvalue weighted by Gasteiger charge is 2.14. The van der Waals surface area contributed by atoms with Crippen molar-refractivity contribution in [1.29, 1.82) is 0 Å². The molecule has 5 heteroatoms. The van der Waals surface area contributed by atoms with Crippen LogP contribution in [0.15, 0.2) is 4.99 Å². The Morgan fingerprint density at radius 3 is 2.54 bits per heavy atom. The second kappa shape index (κ2) is 6.28. The number of aliphatic imine (C=N–C) groups is 1. The van der Waals surface area contributed by atoms with Crippen LogP contribution in [0, 0.1) is 0 Å². The van der Waals surface area contributed by atoms with Crippen LogP contribution in [0.2, 0.25) is 0 Å². The summed E-state index contributed by atoms with van der Waals surface area (Å²) in [6.45, 7) is 2.05. The number of unbranched alkanes of at least 4 members (excludes halogenated alkanes) is 1. The number of nitrogens with zero attached hydrogens (tertiary/aromatic N) is 1. The Labute approximate surface area is 78.6 Å². The van der Waals surface area contributed by atoms with Crippen LogP contribution >= 0.6 is 0 Å². The lowest BCUT2D eigenvalue weighted by molar-refractivity contribution is -0.121. The van der Waals surface area contributed by atoms with E-state index < -0.39 is 6.04 Å². The Morgan fingerprint density at radius 1 is 1.54 bits per heavy atom. The fourth-order valence-corrected chi connectivity index (χ4v) is 0.998.